The zero-order valence-electron chi connectivity index (χ0n) is 28.2. The van der Waals surface area contributed by atoms with Crippen LogP contribution in [0.2, 0.25) is 0 Å². The van der Waals surface area contributed by atoms with Crippen LogP contribution in [-0.2, 0) is 0 Å². The molecule has 0 fully saturated rings. The molecule has 0 aliphatic heterocycles. The van der Waals surface area contributed by atoms with Crippen molar-refractivity contribution >= 4 is 43.1 Å². The van der Waals surface area contributed by atoms with Gasteiger partial charge in [-0.1, -0.05) is 164 Å². The van der Waals surface area contributed by atoms with Gasteiger partial charge >= 0.3 is 0 Å². The lowest BCUT2D eigenvalue weighted by Crippen LogP contribution is -2.00. The molecule has 10 aromatic rings. The van der Waals surface area contributed by atoms with E-state index in [1.165, 1.54) is 43.1 Å². The van der Waals surface area contributed by atoms with Crippen LogP contribution in [0.25, 0.3) is 99.5 Å². The Balaban J connectivity index is 1.17. The van der Waals surface area contributed by atoms with Crippen molar-refractivity contribution in [2.24, 2.45) is 0 Å². The SMILES string of the molecule is c1ccc(-c2cc(-c3ccc4c(ccc5ccc6c7ccccc7ccc6c54)c3)cc(-c3nc(-c4ccccc4)nc(-c4ccccc4)n3)c2)cc1. The fourth-order valence-corrected chi connectivity index (χ4v) is 7.49. The van der Waals surface area contributed by atoms with Crippen molar-refractivity contribution in [2.45, 2.75) is 0 Å². The summed E-state index contributed by atoms with van der Waals surface area (Å²) in [6, 6.07) is 66.6. The van der Waals surface area contributed by atoms with E-state index in [1.54, 1.807) is 0 Å². The van der Waals surface area contributed by atoms with E-state index in [4.69, 9.17) is 15.0 Å². The van der Waals surface area contributed by atoms with Gasteiger partial charge in [-0.2, -0.15) is 0 Å². The molecule has 0 spiro atoms. The van der Waals surface area contributed by atoms with Crippen LogP contribution >= 0.6 is 0 Å². The van der Waals surface area contributed by atoms with Crippen LogP contribution in [0.3, 0.4) is 0 Å². The highest BCUT2D eigenvalue weighted by atomic mass is 15.0. The van der Waals surface area contributed by atoms with Gasteiger partial charge in [-0.3, -0.25) is 0 Å². The zero-order chi connectivity index (χ0) is 34.4. The molecule has 0 radical (unpaired) electrons. The normalized spacial score (nSPS) is 11.5. The molecule has 1 aromatic heterocycles. The number of hydrogen-bond donors (Lipinski definition) is 0. The Hall–Kier alpha value is -6.97. The van der Waals surface area contributed by atoms with Gasteiger partial charge in [0.2, 0.25) is 0 Å². The molecule has 9 aromatic carbocycles. The van der Waals surface area contributed by atoms with Gasteiger partial charge in [0.05, 0.1) is 0 Å². The minimum Gasteiger partial charge on any atom is -0.208 e. The largest absolute Gasteiger partial charge is 0.208 e. The highest BCUT2D eigenvalue weighted by Crippen LogP contribution is 2.38. The second-order valence-electron chi connectivity index (χ2n) is 13.3. The van der Waals surface area contributed by atoms with E-state index in [2.05, 4.69) is 127 Å². The highest BCUT2D eigenvalue weighted by Gasteiger charge is 2.16. The van der Waals surface area contributed by atoms with Crippen molar-refractivity contribution < 1.29 is 0 Å². The van der Waals surface area contributed by atoms with Crippen molar-refractivity contribution in [1.82, 2.24) is 15.0 Å². The van der Waals surface area contributed by atoms with Crippen molar-refractivity contribution in [3.8, 4) is 56.4 Å². The first-order valence-corrected chi connectivity index (χ1v) is 17.6. The molecule has 0 atom stereocenters. The van der Waals surface area contributed by atoms with Crippen LogP contribution in [-0.4, -0.2) is 15.0 Å². The van der Waals surface area contributed by atoms with Crippen LogP contribution in [0.1, 0.15) is 0 Å². The first kappa shape index (κ1) is 29.9. The first-order valence-electron chi connectivity index (χ1n) is 17.6. The van der Waals surface area contributed by atoms with Crippen molar-refractivity contribution in [1.29, 1.82) is 0 Å². The molecule has 0 saturated heterocycles. The van der Waals surface area contributed by atoms with Crippen LogP contribution in [0.5, 0.6) is 0 Å². The predicted octanol–water partition coefficient (Wildman–Crippen LogP) is 12.8. The molecule has 0 aliphatic rings. The Morgan fingerprint density at radius 3 is 1.40 bits per heavy atom. The van der Waals surface area contributed by atoms with Crippen molar-refractivity contribution in [3.63, 3.8) is 0 Å². The zero-order valence-corrected chi connectivity index (χ0v) is 28.2. The summed E-state index contributed by atoms with van der Waals surface area (Å²) < 4.78 is 0. The summed E-state index contributed by atoms with van der Waals surface area (Å²) in [6.45, 7) is 0. The number of benzene rings is 9. The third-order valence-corrected chi connectivity index (χ3v) is 10.1. The third kappa shape index (κ3) is 5.28. The quantitative estimate of drug-likeness (QED) is 0.172. The number of rotatable bonds is 5. The lowest BCUT2D eigenvalue weighted by molar-refractivity contribution is 1.07. The molecule has 0 bridgehead atoms. The van der Waals surface area contributed by atoms with E-state index in [0.29, 0.717) is 17.5 Å². The maximum atomic E-state index is 5.08. The van der Waals surface area contributed by atoms with Crippen LogP contribution in [0, 0.1) is 0 Å². The maximum Gasteiger partial charge on any atom is 0.164 e. The molecule has 52 heavy (non-hydrogen) atoms. The maximum absolute atomic E-state index is 5.08. The monoisotopic (exact) mass is 661 g/mol. The second kappa shape index (κ2) is 12.4. The molecule has 0 aliphatic carbocycles. The standard InChI is InChI=1S/C49H31N3/c1-4-12-32(13-5-1)39-29-40(31-41(30-39)49-51-47(35-15-6-2-7-16-35)50-48(52-49)36-17-8-3-9-18-36)37-24-25-43-38(28-37)21-20-34-23-26-44-42-19-11-10-14-33(42)22-27-45(44)46(34)43/h1-31H. The van der Waals surface area contributed by atoms with Gasteiger partial charge in [0.25, 0.3) is 0 Å². The second-order valence-corrected chi connectivity index (χ2v) is 13.3. The molecule has 0 unspecified atom stereocenters. The summed E-state index contributed by atoms with van der Waals surface area (Å²) in [5.74, 6) is 1.93. The molecule has 10 rings (SSSR count). The van der Waals surface area contributed by atoms with Crippen molar-refractivity contribution in [3.05, 3.63) is 188 Å². The van der Waals surface area contributed by atoms with Gasteiger partial charge in [-0.15, -0.1) is 0 Å². The molecular formula is C49H31N3. The van der Waals surface area contributed by atoms with Gasteiger partial charge in [0.15, 0.2) is 17.5 Å². The van der Waals surface area contributed by atoms with E-state index in [0.717, 1.165) is 38.9 Å². The van der Waals surface area contributed by atoms with Gasteiger partial charge in [-0.25, -0.2) is 15.0 Å². The Kier molecular flexibility index (Phi) is 7.14. The van der Waals surface area contributed by atoms with Gasteiger partial charge in [0, 0.05) is 16.7 Å². The third-order valence-electron chi connectivity index (χ3n) is 10.1. The molecule has 242 valence electrons. The van der Waals surface area contributed by atoms with E-state index in [1.807, 2.05) is 60.7 Å². The number of aromatic nitrogens is 3. The Morgan fingerprint density at radius 1 is 0.231 bits per heavy atom. The highest BCUT2D eigenvalue weighted by molar-refractivity contribution is 6.24. The minimum absolute atomic E-state index is 0.636. The molecule has 0 N–H and O–H groups in total. The summed E-state index contributed by atoms with van der Waals surface area (Å²) in [5, 5.41) is 10.1. The molecule has 0 amide bonds. The summed E-state index contributed by atoms with van der Waals surface area (Å²) in [6.07, 6.45) is 0. The van der Waals surface area contributed by atoms with Gasteiger partial charge in [0.1, 0.15) is 0 Å². The van der Waals surface area contributed by atoms with E-state index in [9.17, 15) is 0 Å². The fourth-order valence-electron chi connectivity index (χ4n) is 7.49. The Morgan fingerprint density at radius 2 is 0.712 bits per heavy atom. The summed E-state index contributed by atoms with van der Waals surface area (Å²) >= 11 is 0. The number of fused-ring (bicyclic) bond motifs is 7. The van der Waals surface area contributed by atoms with Gasteiger partial charge < -0.3 is 0 Å². The van der Waals surface area contributed by atoms with E-state index in [-0.39, 0.29) is 0 Å². The topological polar surface area (TPSA) is 38.7 Å². The lowest BCUT2D eigenvalue weighted by Gasteiger charge is -2.14. The Bertz CT molecular complexity index is 2880. The molecule has 1 heterocycles. The Labute approximate surface area is 301 Å². The fraction of sp³-hybridized carbons (Fsp3) is 0. The summed E-state index contributed by atoms with van der Waals surface area (Å²) in [7, 11) is 0. The minimum atomic E-state index is 0.636. The average molecular weight is 662 g/mol. The molecule has 3 nitrogen and oxygen atoms in total. The number of nitrogens with zero attached hydrogens (tertiary/aromatic N) is 3. The first-order chi connectivity index (χ1) is 25.7. The molecular weight excluding hydrogens is 631 g/mol. The van der Waals surface area contributed by atoms with Crippen LogP contribution in [0.15, 0.2) is 188 Å². The van der Waals surface area contributed by atoms with Gasteiger partial charge in [-0.05, 0) is 89.6 Å². The summed E-state index contributed by atoms with van der Waals surface area (Å²) in [5.41, 5.74) is 7.31. The lowest BCUT2D eigenvalue weighted by atomic mass is 9.91. The van der Waals surface area contributed by atoms with Crippen LogP contribution in [0.4, 0.5) is 0 Å². The van der Waals surface area contributed by atoms with E-state index < -0.39 is 0 Å². The average Bonchev–Trinajstić information content (AvgIpc) is 3.23. The molecule has 3 heteroatoms. The van der Waals surface area contributed by atoms with Crippen LogP contribution < -0.4 is 0 Å². The molecule has 0 saturated carbocycles. The van der Waals surface area contributed by atoms with Crippen molar-refractivity contribution in [2.75, 3.05) is 0 Å². The smallest absolute Gasteiger partial charge is 0.164 e. The predicted molar refractivity (Wildman–Crippen MR) is 217 cm³/mol. The number of hydrogen-bond acceptors (Lipinski definition) is 3. The summed E-state index contributed by atoms with van der Waals surface area (Å²) in [4.78, 5) is 15.1. The van der Waals surface area contributed by atoms with E-state index >= 15 is 0 Å².